The van der Waals surface area contributed by atoms with Crippen LogP contribution < -0.4 is 10.1 Å². The molecule has 0 spiro atoms. The van der Waals surface area contributed by atoms with E-state index in [9.17, 15) is 9.59 Å². The summed E-state index contributed by atoms with van der Waals surface area (Å²) in [6.07, 6.45) is 3.15. The van der Waals surface area contributed by atoms with Gasteiger partial charge in [-0.3, -0.25) is 4.79 Å². The molecule has 0 atom stereocenters. The smallest absolute Gasteiger partial charge is 0.343 e. The van der Waals surface area contributed by atoms with Crippen LogP contribution >= 0.6 is 11.3 Å². The first kappa shape index (κ1) is 18.6. The van der Waals surface area contributed by atoms with Crippen LogP contribution in [0.2, 0.25) is 0 Å². The molecule has 138 valence electrons. The normalized spacial score (nSPS) is 10.9. The third-order valence-electron chi connectivity index (χ3n) is 3.73. The average Bonchev–Trinajstić information content (AvgIpc) is 3.09. The molecule has 1 N–H and O–H groups in total. The first-order chi connectivity index (χ1) is 13.0. The van der Waals surface area contributed by atoms with Crippen LogP contribution in [0.15, 0.2) is 48.5 Å². The maximum Gasteiger partial charge on any atom is 0.343 e. The number of nitrogens with zero attached hydrogens (tertiary/aromatic N) is 1. The molecule has 27 heavy (non-hydrogen) atoms. The van der Waals surface area contributed by atoms with Crippen LogP contribution in [0.4, 0.5) is 5.69 Å². The Morgan fingerprint density at radius 1 is 1.22 bits per heavy atom. The van der Waals surface area contributed by atoms with Crippen molar-refractivity contribution in [1.29, 1.82) is 0 Å². The lowest BCUT2D eigenvalue weighted by atomic mass is 10.2. The maximum atomic E-state index is 12.2. The Labute approximate surface area is 160 Å². The second-order valence-corrected chi connectivity index (χ2v) is 6.75. The van der Waals surface area contributed by atoms with Gasteiger partial charge in [0.2, 0.25) is 5.91 Å². The summed E-state index contributed by atoms with van der Waals surface area (Å²) < 4.78 is 10.9. The standard InChI is InChI=1S/C20H18N2O4S/c1-13-11-14(26-12-20(24)25-2)7-8-15(13)21-18(23)9-10-19-22-16-5-3-4-6-17(16)27-19/h3-11H,12H2,1-2H3,(H,21,23)/b10-9+. The van der Waals surface area contributed by atoms with Gasteiger partial charge in [0.15, 0.2) is 6.61 Å². The molecule has 0 saturated carbocycles. The fourth-order valence-corrected chi connectivity index (χ4v) is 3.22. The van der Waals surface area contributed by atoms with Gasteiger partial charge >= 0.3 is 5.97 Å². The molecule has 1 aromatic heterocycles. The van der Waals surface area contributed by atoms with Crippen LogP contribution in [0.25, 0.3) is 16.3 Å². The highest BCUT2D eigenvalue weighted by molar-refractivity contribution is 7.19. The zero-order chi connectivity index (χ0) is 19.2. The highest BCUT2D eigenvalue weighted by atomic mass is 32.1. The van der Waals surface area contributed by atoms with Crippen molar-refractivity contribution < 1.29 is 19.1 Å². The number of amides is 1. The van der Waals surface area contributed by atoms with Crippen LogP contribution in [0.5, 0.6) is 5.75 Å². The third-order valence-corrected chi connectivity index (χ3v) is 4.73. The number of nitrogens with one attached hydrogen (secondary N) is 1. The number of anilines is 1. The van der Waals surface area contributed by atoms with Gasteiger partial charge in [0.05, 0.1) is 17.3 Å². The van der Waals surface area contributed by atoms with Crippen molar-refractivity contribution in [3.63, 3.8) is 0 Å². The number of benzene rings is 2. The zero-order valence-electron chi connectivity index (χ0n) is 14.9. The molecule has 0 aliphatic carbocycles. The Hall–Kier alpha value is -3.19. The predicted molar refractivity (Wildman–Crippen MR) is 106 cm³/mol. The summed E-state index contributed by atoms with van der Waals surface area (Å²) in [4.78, 5) is 27.8. The van der Waals surface area contributed by atoms with Crippen molar-refractivity contribution in [1.82, 2.24) is 4.98 Å². The molecule has 3 aromatic rings. The number of thiazole rings is 1. The van der Waals surface area contributed by atoms with E-state index >= 15 is 0 Å². The molecule has 0 fully saturated rings. The molecule has 2 aromatic carbocycles. The van der Waals surface area contributed by atoms with Crippen molar-refractivity contribution in [3.05, 3.63) is 59.1 Å². The average molecular weight is 382 g/mol. The minimum Gasteiger partial charge on any atom is -0.482 e. The number of methoxy groups -OCH3 is 1. The lowest BCUT2D eigenvalue weighted by molar-refractivity contribution is -0.142. The second kappa shape index (κ2) is 8.46. The molecule has 1 amide bonds. The molecule has 7 heteroatoms. The summed E-state index contributed by atoms with van der Waals surface area (Å²) >= 11 is 1.53. The minimum absolute atomic E-state index is 0.160. The maximum absolute atomic E-state index is 12.2. The van der Waals surface area contributed by atoms with Crippen molar-refractivity contribution in [3.8, 4) is 5.75 Å². The van der Waals surface area contributed by atoms with E-state index in [4.69, 9.17) is 4.74 Å². The number of carbonyl (C=O) groups is 2. The summed E-state index contributed by atoms with van der Waals surface area (Å²) in [6, 6.07) is 13.0. The van der Waals surface area contributed by atoms with Gasteiger partial charge in [0.25, 0.3) is 0 Å². The van der Waals surface area contributed by atoms with E-state index in [1.165, 1.54) is 24.5 Å². The molecule has 1 heterocycles. The van der Waals surface area contributed by atoms with E-state index in [1.54, 1.807) is 24.3 Å². The third kappa shape index (κ3) is 4.92. The number of aromatic nitrogens is 1. The Kier molecular flexibility index (Phi) is 5.83. The fourth-order valence-electron chi connectivity index (χ4n) is 2.35. The molecule has 0 unspecified atom stereocenters. The van der Waals surface area contributed by atoms with Crippen molar-refractivity contribution in [2.75, 3.05) is 19.0 Å². The van der Waals surface area contributed by atoms with E-state index in [2.05, 4.69) is 15.0 Å². The van der Waals surface area contributed by atoms with Gasteiger partial charge in [-0.25, -0.2) is 9.78 Å². The number of rotatable bonds is 6. The molecule has 0 radical (unpaired) electrons. The van der Waals surface area contributed by atoms with E-state index in [-0.39, 0.29) is 12.5 Å². The highest BCUT2D eigenvalue weighted by Gasteiger charge is 2.06. The fraction of sp³-hybridized carbons (Fsp3) is 0.150. The molecular formula is C20H18N2O4S. The monoisotopic (exact) mass is 382 g/mol. The lowest BCUT2D eigenvalue weighted by Gasteiger charge is -2.10. The summed E-state index contributed by atoms with van der Waals surface area (Å²) in [5.41, 5.74) is 2.40. The summed E-state index contributed by atoms with van der Waals surface area (Å²) in [7, 11) is 1.30. The number of hydrogen-bond acceptors (Lipinski definition) is 6. The molecule has 3 rings (SSSR count). The van der Waals surface area contributed by atoms with Gasteiger partial charge in [0.1, 0.15) is 10.8 Å². The Morgan fingerprint density at radius 3 is 2.78 bits per heavy atom. The van der Waals surface area contributed by atoms with Gasteiger partial charge in [-0.1, -0.05) is 12.1 Å². The topological polar surface area (TPSA) is 77.5 Å². The number of esters is 1. The van der Waals surface area contributed by atoms with E-state index < -0.39 is 5.97 Å². The van der Waals surface area contributed by atoms with E-state index in [0.717, 1.165) is 20.8 Å². The largest absolute Gasteiger partial charge is 0.482 e. The molecular weight excluding hydrogens is 364 g/mol. The molecule has 0 aliphatic heterocycles. The number of para-hydroxylation sites is 1. The first-order valence-electron chi connectivity index (χ1n) is 8.20. The summed E-state index contributed by atoms with van der Waals surface area (Å²) in [5, 5.41) is 3.59. The predicted octanol–water partition coefficient (Wildman–Crippen LogP) is 3.81. The lowest BCUT2D eigenvalue weighted by Crippen LogP contribution is -2.13. The summed E-state index contributed by atoms with van der Waals surface area (Å²) in [6.45, 7) is 1.68. The van der Waals surface area contributed by atoms with Gasteiger partial charge in [-0.15, -0.1) is 11.3 Å². The van der Waals surface area contributed by atoms with Crippen LogP contribution in [0, 0.1) is 6.92 Å². The van der Waals surface area contributed by atoms with E-state index in [1.807, 2.05) is 31.2 Å². The number of hydrogen-bond donors (Lipinski definition) is 1. The Bertz CT molecular complexity index is 977. The highest BCUT2D eigenvalue weighted by Crippen LogP contribution is 2.23. The van der Waals surface area contributed by atoms with Crippen LogP contribution in [0.3, 0.4) is 0 Å². The number of fused-ring (bicyclic) bond motifs is 1. The molecule has 0 aliphatic rings. The second-order valence-electron chi connectivity index (χ2n) is 5.68. The van der Waals surface area contributed by atoms with Gasteiger partial charge in [0, 0.05) is 11.8 Å². The quantitative estimate of drug-likeness (QED) is 0.518. The van der Waals surface area contributed by atoms with Crippen molar-refractivity contribution in [2.24, 2.45) is 0 Å². The SMILES string of the molecule is COC(=O)COc1ccc(NC(=O)/C=C/c2nc3ccccc3s2)c(C)c1. The minimum atomic E-state index is -0.454. The molecule has 0 bridgehead atoms. The summed E-state index contributed by atoms with van der Waals surface area (Å²) in [5.74, 6) is -0.175. The van der Waals surface area contributed by atoms with Crippen LogP contribution in [-0.2, 0) is 14.3 Å². The van der Waals surface area contributed by atoms with Crippen molar-refractivity contribution in [2.45, 2.75) is 6.92 Å². The van der Waals surface area contributed by atoms with E-state index in [0.29, 0.717) is 11.4 Å². The molecule has 0 saturated heterocycles. The van der Waals surface area contributed by atoms with Gasteiger partial charge in [-0.2, -0.15) is 0 Å². The Balaban J connectivity index is 1.62. The zero-order valence-corrected chi connectivity index (χ0v) is 15.7. The van der Waals surface area contributed by atoms with Gasteiger partial charge < -0.3 is 14.8 Å². The molecule has 6 nitrogen and oxygen atoms in total. The van der Waals surface area contributed by atoms with Crippen molar-refractivity contribution >= 4 is 45.2 Å². The Morgan fingerprint density at radius 2 is 2.04 bits per heavy atom. The number of carbonyl (C=O) groups excluding carboxylic acids is 2. The number of aryl methyl sites for hydroxylation is 1. The first-order valence-corrected chi connectivity index (χ1v) is 9.01. The van der Waals surface area contributed by atoms with Crippen LogP contribution in [-0.4, -0.2) is 30.6 Å². The number of ether oxygens (including phenoxy) is 2. The van der Waals surface area contributed by atoms with Crippen LogP contribution in [0.1, 0.15) is 10.6 Å². The van der Waals surface area contributed by atoms with Gasteiger partial charge in [-0.05, 0) is 48.9 Å².